The molecule has 0 radical (unpaired) electrons. The molecule has 0 N–H and O–H groups in total. The highest BCUT2D eigenvalue weighted by Crippen LogP contribution is 2.28. The Kier molecular flexibility index (Phi) is 5.45. The second kappa shape index (κ2) is 8.55. The minimum atomic E-state index is 0.154. The van der Waals surface area contributed by atoms with Crippen LogP contribution in [0.5, 0.6) is 0 Å². The largest absolute Gasteiger partial charge is 0.340 e. The van der Waals surface area contributed by atoms with Crippen molar-refractivity contribution in [2.45, 2.75) is 20.4 Å². The standard InChI is InChI=1S/C26H27N5O/c1-19-3-5-22(6-4-19)26-24(18-29-13-15-30(16-14-29)20(2)32)31-17-23(7-8-25(31)28-26)21-9-11-27-12-10-21/h3-12,17H,13-16,18H2,1-2H3. The quantitative estimate of drug-likeness (QED) is 0.495. The maximum atomic E-state index is 11.7. The SMILES string of the molecule is CC(=O)N1CCN(Cc2c(-c3ccc(C)cc3)nc3ccc(-c4ccncc4)cn23)CC1. The zero-order valence-electron chi connectivity index (χ0n) is 18.5. The molecule has 5 rings (SSSR count). The number of hydrogen-bond donors (Lipinski definition) is 0. The number of imidazole rings is 1. The van der Waals surface area contributed by atoms with E-state index in [0.29, 0.717) is 0 Å². The smallest absolute Gasteiger partial charge is 0.219 e. The molecule has 0 spiro atoms. The average Bonchev–Trinajstić information content (AvgIpc) is 3.18. The van der Waals surface area contributed by atoms with E-state index in [0.717, 1.165) is 60.8 Å². The summed E-state index contributed by atoms with van der Waals surface area (Å²) in [5.74, 6) is 0.154. The van der Waals surface area contributed by atoms with E-state index in [2.05, 4.69) is 63.8 Å². The van der Waals surface area contributed by atoms with Crippen LogP contribution in [0.4, 0.5) is 0 Å². The van der Waals surface area contributed by atoms with Gasteiger partial charge < -0.3 is 9.30 Å². The fourth-order valence-electron chi connectivity index (χ4n) is 4.33. The fourth-order valence-corrected chi connectivity index (χ4v) is 4.33. The first kappa shape index (κ1) is 20.4. The van der Waals surface area contributed by atoms with Gasteiger partial charge in [0.25, 0.3) is 0 Å². The van der Waals surface area contributed by atoms with Gasteiger partial charge in [-0.25, -0.2) is 4.98 Å². The van der Waals surface area contributed by atoms with Crippen LogP contribution in [0.25, 0.3) is 28.0 Å². The first-order valence-electron chi connectivity index (χ1n) is 11.0. The topological polar surface area (TPSA) is 53.7 Å². The van der Waals surface area contributed by atoms with Crippen LogP contribution < -0.4 is 0 Å². The van der Waals surface area contributed by atoms with Gasteiger partial charge in [-0.15, -0.1) is 0 Å². The number of carbonyl (C=O) groups excluding carboxylic acids is 1. The van der Waals surface area contributed by atoms with Crippen molar-refractivity contribution in [1.29, 1.82) is 0 Å². The Morgan fingerprint density at radius 2 is 1.56 bits per heavy atom. The molecule has 32 heavy (non-hydrogen) atoms. The molecule has 6 nitrogen and oxygen atoms in total. The highest BCUT2D eigenvalue weighted by Gasteiger charge is 2.22. The van der Waals surface area contributed by atoms with E-state index in [-0.39, 0.29) is 5.91 Å². The van der Waals surface area contributed by atoms with Crippen LogP contribution in [0.2, 0.25) is 0 Å². The minimum absolute atomic E-state index is 0.154. The van der Waals surface area contributed by atoms with Gasteiger partial charge in [-0.1, -0.05) is 29.8 Å². The molecule has 1 aliphatic heterocycles. The summed E-state index contributed by atoms with van der Waals surface area (Å²) in [6.07, 6.45) is 5.82. The van der Waals surface area contributed by atoms with Crippen molar-refractivity contribution in [2.24, 2.45) is 0 Å². The molecule has 6 heteroatoms. The van der Waals surface area contributed by atoms with Crippen LogP contribution in [-0.4, -0.2) is 56.3 Å². The van der Waals surface area contributed by atoms with Crippen molar-refractivity contribution in [2.75, 3.05) is 26.2 Å². The Hall–Kier alpha value is -3.51. The monoisotopic (exact) mass is 425 g/mol. The number of carbonyl (C=O) groups is 1. The number of aromatic nitrogens is 3. The van der Waals surface area contributed by atoms with Crippen LogP contribution in [0.1, 0.15) is 18.2 Å². The Morgan fingerprint density at radius 3 is 2.25 bits per heavy atom. The number of aryl methyl sites for hydroxylation is 1. The number of benzene rings is 1. The van der Waals surface area contributed by atoms with Crippen LogP contribution in [0.3, 0.4) is 0 Å². The molecule has 4 aromatic rings. The molecule has 1 amide bonds. The van der Waals surface area contributed by atoms with Crippen molar-refractivity contribution >= 4 is 11.6 Å². The lowest BCUT2D eigenvalue weighted by atomic mass is 10.1. The molecule has 3 aromatic heterocycles. The summed E-state index contributed by atoms with van der Waals surface area (Å²) in [6, 6.07) is 16.8. The molecule has 0 atom stereocenters. The van der Waals surface area contributed by atoms with E-state index in [1.165, 1.54) is 11.3 Å². The highest BCUT2D eigenvalue weighted by molar-refractivity contribution is 5.73. The van der Waals surface area contributed by atoms with Gasteiger partial charge in [0.2, 0.25) is 5.91 Å². The molecule has 162 valence electrons. The first-order valence-corrected chi connectivity index (χ1v) is 11.0. The predicted octanol–water partition coefficient (Wildman–Crippen LogP) is 4.04. The van der Waals surface area contributed by atoms with Gasteiger partial charge in [-0.3, -0.25) is 14.7 Å². The van der Waals surface area contributed by atoms with Gasteiger partial charge >= 0.3 is 0 Å². The molecule has 1 aromatic carbocycles. The Balaban J connectivity index is 1.56. The molecule has 0 aliphatic carbocycles. The summed E-state index contributed by atoms with van der Waals surface area (Å²) in [5, 5.41) is 0. The summed E-state index contributed by atoms with van der Waals surface area (Å²) < 4.78 is 2.22. The third kappa shape index (κ3) is 4.01. The average molecular weight is 426 g/mol. The first-order chi connectivity index (χ1) is 15.6. The van der Waals surface area contributed by atoms with E-state index in [4.69, 9.17) is 4.98 Å². The number of hydrogen-bond acceptors (Lipinski definition) is 4. The lowest BCUT2D eigenvalue weighted by Crippen LogP contribution is -2.47. The third-order valence-electron chi connectivity index (χ3n) is 6.25. The number of nitrogens with zero attached hydrogens (tertiary/aromatic N) is 5. The normalized spacial score (nSPS) is 14.8. The Morgan fingerprint density at radius 1 is 0.875 bits per heavy atom. The molecule has 0 saturated carbocycles. The van der Waals surface area contributed by atoms with Crippen molar-refractivity contribution < 1.29 is 4.79 Å². The van der Waals surface area contributed by atoms with E-state index >= 15 is 0 Å². The summed E-state index contributed by atoms with van der Waals surface area (Å²) >= 11 is 0. The predicted molar refractivity (Wildman–Crippen MR) is 126 cm³/mol. The molecule has 1 saturated heterocycles. The summed E-state index contributed by atoms with van der Waals surface area (Å²) in [4.78, 5) is 25.2. The maximum Gasteiger partial charge on any atom is 0.219 e. The third-order valence-corrected chi connectivity index (χ3v) is 6.25. The Bertz CT molecular complexity index is 1240. The summed E-state index contributed by atoms with van der Waals surface area (Å²) in [5.41, 5.74) is 7.77. The van der Waals surface area contributed by atoms with Crippen LogP contribution in [0.15, 0.2) is 67.1 Å². The van der Waals surface area contributed by atoms with Crippen molar-refractivity contribution in [3.8, 4) is 22.4 Å². The molecule has 1 fully saturated rings. The van der Waals surface area contributed by atoms with Gasteiger partial charge in [-0.2, -0.15) is 0 Å². The molecule has 1 aliphatic rings. The number of rotatable bonds is 4. The van der Waals surface area contributed by atoms with Gasteiger partial charge in [0.15, 0.2) is 0 Å². The molecular weight excluding hydrogens is 398 g/mol. The van der Waals surface area contributed by atoms with E-state index in [1.54, 1.807) is 6.92 Å². The molecule has 0 bridgehead atoms. The number of fused-ring (bicyclic) bond motifs is 1. The van der Waals surface area contributed by atoms with E-state index in [1.807, 2.05) is 29.4 Å². The second-order valence-electron chi connectivity index (χ2n) is 8.44. The summed E-state index contributed by atoms with van der Waals surface area (Å²) in [7, 11) is 0. The molecule has 0 unspecified atom stereocenters. The lowest BCUT2D eigenvalue weighted by Gasteiger charge is -2.34. The lowest BCUT2D eigenvalue weighted by molar-refractivity contribution is -0.130. The summed E-state index contributed by atoms with van der Waals surface area (Å²) in [6.45, 7) is 7.81. The van der Waals surface area contributed by atoms with E-state index < -0.39 is 0 Å². The van der Waals surface area contributed by atoms with Gasteiger partial charge in [0, 0.05) is 63.8 Å². The molecule has 4 heterocycles. The second-order valence-corrected chi connectivity index (χ2v) is 8.44. The fraction of sp³-hybridized carbons (Fsp3) is 0.269. The van der Waals surface area contributed by atoms with Gasteiger partial charge in [0.05, 0.1) is 11.4 Å². The zero-order chi connectivity index (χ0) is 22.1. The van der Waals surface area contributed by atoms with Crippen LogP contribution in [-0.2, 0) is 11.3 Å². The van der Waals surface area contributed by atoms with Crippen molar-refractivity contribution in [3.05, 3.63) is 78.4 Å². The van der Waals surface area contributed by atoms with Crippen LogP contribution >= 0.6 is 0 Å². The number of piperazine rings is 1. The number of pyridine rings is 2. The van der Waals surface area contributed by atoms with Crippen LogP contribution in [0, 0.1) is 6.92 Å². The molecular formula is C26H27N5O. The van der Waals surface area contributed by atoms with Gasteiger partial charge in [-0.05, 0) is 42.3 Å². The zero-order valence-corrected chi connectivity index (χ0v) is 18.5. The van der Waals surface area contributed by atoms with E-state index in [9.17, 15) is 4.79 Å². The Labute approximate surface area is 188 Å². The van der Waals surface area contributed by atoms with Crippen molar-refractivity contribution in [1.82, 2.24) is 24.2 Å². The minimum Gasteiger partial charge on any atom is -0.340 e. The highest BCUT2D eigenvalue weighted by atomic mass is 16.2. The van der Waals surface area contributed by atoms with Gasteiger partial charge in [0.1, 0.15) is 5.65 Å². The maximum absolute atomic E-state index is 11.7. The van der Waals surface area contributed by atoms with Crippen molar-refractivity contribution in [3.63, 3.8) is 0 Å². The number of amides is 1.